The molecule has 0 N–H and O–H groups in total. The third kappa shape index (κ3) is 5.41. The van der Waals surface area contributed by atoms with Crippen LogP contribution in [-0.4, -0.2) is 13.3 Å². The van der Waals surface area contributed by atoms with Gasteiger partial charge < -0.3 is 0 Å². The first-order chi connectivity index (χ1) is 31.8. The molecule has 3 heterocycles. The molecule has 0 aromatic heterocycles. The maximum atomic E-state index is 2.56. The topological polar surface area (TPSA) is 9.72 Å². The van der Waals surface area contributed by atoms with Gasteiger partial charge in [-0.2, -0.15) is 0 Å². The molecule has 0 fully saturated rings. The minimum atomic E-state index is -3.92. The summed E-state index contributed by atoms with van der Waals surface area (Å²) >= 11 is -3.92. The van der Waals surface area contributed by atoms with E-state index in [9.17, 15) is 0 Å². The minimum absolute atomic E-state index is 1.15. The average molecular weight is 877 g/mol. The van der Waals surface area contributed by atoms with E-state index < -0.39 is 13.3 Å². The molecule has 300 valence electrons. The molecule has 0 atom stereocenters. The van der Waals surface area contributed by atoms with Crippen molar-refractivity contribution in [3.8, 4) is 33.4 Å². The van der Waals surface area contributed by atoms with Gasteiger partial charge in [-0.05, 0) is 0 Å². The quantitative estimate of drug-likeness (QED) is 0.148. The van der Waals surface area contributed by atoms with Crippen molar-refractivity contribution >= 4 is 82.0 Å². The first-order valence-electron chi connectivity index (χ1n) is 22.1. The number of anilines is 9. The maximum absolute atomic E-state index is 3.92. The Morgan fingerprint density at radius 2 is 0.438 bits per heavy atom. The fourth-order valence-corrected chi connectivity index (χ4v) is 23.0. The van der Waals surface area contributed by atoms with E-state index in [1.807, 2.05) is 0 Å². The van der Waals surface area contributed by atoms with E-state index in [0.29, 0.717) is 0 Å². The third-order valence-corrected chi connectivity index (χ3v) is 24.0. The van der Waals surface area contributed by atoms with Crippen molar-refractivity contribution in [1.82, 2.24) is 0 Å². The predicted octanol–water partition coefficient (Wildman–Crippen LogP) is 13.4. The molecule has 10 aromatic carbocycles. The van der Waals surface area contributed by atoms with Gasteiger partial charge in [0.05, 0.1) is 0 Å². The van der Waals surface area contributed by atoms with Gasteiger partial charge in [-0.1, -0.05) is 0 Å². The van der Waals surface area contributed by atoms with E-state index in [-0.39, 0.29) is 0 Å². The summed E-state index contributed by atoms with van der Waals surface area (Å²) in [6.45, 7) is 0. The molecule has 0 aliphatic carbocycles. The summed E-state index contributed by atoms with van der Waals surface area (Å²) in [5, 5.41) is 0. The van der Waals surface area contributed by atoms with Crippen molar-refractivity contribution in [2.75, 3.05) is 14.7 Å². The summed E-state index contributed by atoms with van der Waals surface area (Å²) < 4.78 is 5.83. The summed E-state index contributed by atoms with van der Waals surface area (Å²) in [7, 11) is 0. The third-order valence-electron chi connectivity index (χ3n) is 13.5. The van der Waals surface area contributed by atoms with Crippen LogP contribution < -0.4 is 32.3 Å². The molecule has 3 aliphatic rings. The number of benzene rings is 10. The summed E-state index contributed by atoms with van der Waals surface area (Å²) in [6, 6.07) is 92.3. The van der Waals surface area contributed by atoms with Gasteiger partial charge >= 0.3 is 379 Å². The SMILES string of the molecule is c1ccc(-c2ccc(N3c4cccc5[c]4[Ge]4([c]6ccccc6)[c]6c3cccc6N(c3ccc(-c6ccccc6)cc3)c3cccc([c]34)N5c3ccc(-c4ccccc4)cc3)cc2)cc1. The van der Waals surface area contributed by atoms with Crippen molar-refractivity contribution in [1.29, 1.82) is 0 Å². The van der Waals surface area contributed by atoms with Gasteiger partial charge in [0.15, 0.2) is 0 Å². The Kier molecular flexibility index (Phi) is 8.40. The van der Waals surface area contributed by atoms with Crippen LogP contribution in [0.3, 0.4) is 0 Å². The van der Waals surface area contributed by atoms with E-state index in [2.05, 4.69) is 263 Å². The molecular weight excluding hydrogens is 835 g/mol. The number of nitrogens with zero attached hydrogens (tertiary/aromatic N) is 3. The van der Waals surface area contributed by atoms with Gasteiger partial charge in [-0.3, -0.25) is 0 Å². The van der Waals surface area contributed by atoms with E-state index in [0.717, 1.165) is 17.1 Å². The predicted molar refractivity (Wildman–Crippen MR) is 271 cm³/mol. The zero-order chi connectivity index (χ0) is 42.2. The summed E-state index contributed by atoms with van der Waals surface area (Å²) in [6.07, 6.45) is 0. The molecule has 4 heteroatoms. The van der Waals surface area contributed by atoms with Crippen molar-refractivity contribution in [3.05, 3.63) is 249 Å². The van der Waals surface area contributed by atoms with Crippen molar-refractivity contribution in [3.63, 3.8) is 0 Å². The second-order valence-corrected chi connectivity index (χ2v) is 24.4. The Hall–Kier alpha value is -7.86. The van der Waals surface area contributed by atoms with Crippen LogP contribution in [-0.2, 0) is 0 Å². The standard InChI is InChI=1S/C60H41GeN3/c1-5-16-42(17-6-1)45-30-36-49(37-31-45)62-52-24-13-26-54-58(52)61(48-22-11-4-12-23-48)59-53(62)25-14-27-55(59)64(51-40-34-47(35-41-51)44-20-9-3-10-21-44)57-29-15-28-56(60(57)61)63(54)50-38-32-46(33-39-50)43-18-7-2-8-19-43/h1-41H. The molecule has 13 rings (SSSR count). The van der Waals surface area contributed by atoms with Gasteiger partial charge in [0.1, 0.15) is 0 Å². The first-order valence-corrected chi connectivity index (χ1v) is 26.3. The molecule has 0 amide bonds. The van der Waals surface area contributed by atoms with Crippen LogP contribution in [0.15, 0.2) is 249 Å². The van der Waals surface area contributed by atoms with Crippen LogP contribution in [0, 0.1) is 0 Å². The normalized spacial score (nSPS) is 13.7. The molecular formula is C60H41GeN3. The molecule has 0 radical (unpaired) electrons. The monoisotopic (exact) mass is 877 g/mol. The van der Waals surface area contributed by atoms with Gasteiger partial charge in [-0.15, -0.1) is 0 Å². The Morgan fingerprint density at radius 1 is 0.203 bits per heavy atom. The summed E-state index contributed by atoms with van der Waals surface area (Å²) in [5.41, 5.74) is 18.2. The molecule has 0 bridgehead atoms. The summed E-state index contributed by atoms with van der Waals surface area (Å²) in [5.74, 6) is 0. The number of hydrogen-bond acceptors (Lipinski definition) is 3. The molecule has 0 spiro atoms. The molecule has 0 saturated heterocycles. The first kappa shape index (κ1) is 36.8. The van der Waals surface area contributed by atoms with E-state index in [1.165, 1.54) is 85.1 Å². The van der Waals surface area contributed by atoms with Crippen molar-refractivity contribution < 1.29 is 0 Å². The Morgan fingerprint density at radius 3 is 0.703 bits per heavy atom. The molecule has 3 aliphatic heterocycles. The zero-order valence-electron chi connectivity index (χ0n) is 35.0. The molecule has 64 heavy (non-hydrogen) atoms. The van der Waals surface area contributed by atoms with E-state index in [1.54, 1.807) is 0 Å². The van der Waals surface area contributed by atoms with Crippen LogP contribution in [0.2, 0.25) is 0 Å². The van der Waals surface area contributed by atoms with E-state index in [4.69, 9.17) is 0 Å². The fourth-order valence-electron chi connectivity index (χ4n) is 10.9. The van der Waals surface area contributed by atoms with Crippen LogP contribution in [0.4, 0.5) is 51.2 Å². The van der Waals surface area contributed by atoms with Gasteiger partial charge in [0.25, 0.3) is 0 Å². The van der Waals surface area contributed by atoms with E-state index >= 15 is 0 Å². The number of rotatable bonds is 7. The average Bonchev–Trinajstić information content (AvgIpc) is 3.38. The summed E-state index contributed by atoms with van der Waals surface area (Å²) in [4.78, 5) is 7.68. The van der Waals surface area contributed by atoms with Crippen LogP contribution in [0.5, 0.6) is 0 Å². The molecule has 10 aromatic rings. The van der Waals surface area contributed by atoms with Gasteiger partial charge in [0, 0.05) is 0 Å². The Labute approximate surface area is 376 Å². The van der Waals surface area contributed by atoms with Crippen molar-refractivity contribution in [2.24, 2.45) is 0 Å². The fraction of sp³-hybridized carbons (Fsp3) is 0. The van der Waals surface area contributed by atoms with Gasteiger partial charge in [-0.25, -0.2) is 0 Å². The van der Waals surface area contributed by atoms with Crippen LogP contribution in [0.1, 0.15) is 0 Å². The molecule has 0 saturated carbocycles. The second kappa shape index (κ2) is 14.6. The Bertz CT molecular complexity index is 2960. The van der Waals surface area contributed by atoms with Gasteiger partial charge in [0.2, 0.25) is 0 Å². The Balaban J connectivity index is 1.11. The zero-order valence-corrected chi connectivity index (χ0v) is 37.1. The number of hydrogen-bond donors (Lipinski definition) is 0. The molecule has 0 unspecified atom stereocenters. The van der Waals surface area contributed by atoms with Crippen LogP contribution >= 0.6 is 0 Å². The molecule has 3 nitrogen and oxygen atoms in total. The second-order valence-electron chi connectivity index (χ2n) is 16.9. The van der Waals surface area contributed by atoms with Crippen LogP contribution in [0.25, 0.3) is 33.4 Å². The van der Waals surface area contributed by atoms with Crippen molar-refractivity contribution in [2.45, 2.75) is 0 Å².